The van der Waals surface area contributed by atoms with Crippen LogP contribution >= 0.6 is 0 Å². The van der Waals surface area contributed by atoms with Crippen LogP contribution in [0.5, 0.6) is 0 Å². The fraction of sp³-hybridized carbons (Fsp3) is 0. The van der Waals surface area contributed by atoms with Crippen LogP contribution < -0.4 is 14.7 Å². The Morgan fingerprint density at radius 2 is 0.545 bits per heavy atom. The van der Waals surface area contributed by atoms with E-state index >= 15 is 0 Å². The van der Waals surface area contributed by atoms with E-state index < -0.39 is 106 Å². The largest absolute Gasteiger partial charge is 0.300 e. The number of carbonyl (C=O) groups is 12. The standard InChI is InChI=1S/C15H6N6O12/c22-1-7(28)19(8(29)2-23)13-16-14(20(9(30)3-24)10(31)4-25)18-15(17-13)21(11(32)5-26)12(33)6-27/h1-6H. The molecule has 33 heavy (non-hydrogen) atoms. The van der Waals surface area contributed by atoms with Crippen LogP contribution in [0.4, 0.5) is 17.8 Å². The number of aromatic nitrogens is 3. The van der Waals surface area contributed by atoms with Crippen molar-refractivity contribution in [1.29, 1.82) is 0 Å². The molecule has 0 saturated heterocycles. The summed E-state index contributed by atoms with van der Waals surface area (Å²) >= 11 is 0. The van der Waals surface area contributed by atoms with Crippen LogP contribution in [-0.4, -0.2) is 88.1 Å². The fourth-order valence-corrected chi connectivity index (χ4v) is 1.88. The second kappa shape index (κ2) is 11.0. The SMILES string of the molecule is O=CC(=O)N(C(=O)C=O)c1nc(N(C(=O)C=O)C(=O)C=O)nc(N(C(=O)C=O)C(=O)C=O)n1. The first kappa shape index (κ1) is 25.5. The van der Waals surface area contributed by atoms with E-state index in [1.807, 2.05) is 0 Å². The second-order valence-electron chi connectivity index (χ2n) is 4.98. The van der Waals surface area contributed by atoms with Crippen molar-refractivity contribution in [3.05, 3.63) is 0 Å². The van der Waals surface area contributed by atoms with Crippen LogP contribution in [-0.2, 0) is 57.5 Å². The Balaban J connectivity index is 4.11. The number of hydrogen-bond donors (Lipinski definition) is 0. The molecule has 0 atom stereocenters. The molecule has 0 fully saturated rings. The van der Waals surface area contributed by atoms with Crippen LogP contribution in [0.25, 0.3) is 0 Å². The lowest BCUT2D eigenvalue weighted by Gasteiger charge is -2.20. The van der Waals surface area contributed by atoms with Crippen LogP contribution in [0.3, 0.4) is 0 Å². The van der Waals surface area contributed by atoms with Crippen LogP contribution in [0.2, 0.25) is 0 Å². The molecule has 18 heteroatoms. The van der Waals surface area contributed by atoms with Gasteiger partial charge in [0.15, 0.2) is 0 Å². The van der Waals surface area contributed by atoms with Gasteiger partial charge in [0, 0.05) is 0 Å². The van der Waals surface area contributed by atoms with E-state index in [1.54, 1.807) is 0 Å². The van der Waals surface area contributed by atoms with Gasteiger partial charge >= 0.3 is 35.4 Å². The van der Waals surface area contributed by atoms with Gasteiger partial charge in [0.05, 0.1) is 0 Å². The molecule has 168 valence electrons. The maximum atomic E-state index is 11.8. The Morgan fingerprint density at radius 1 is 0.394 bits per heavy atom. The first-order valence-corrected chi connectivity index (χ1v) is 7.73. The fourth-order valence-electron chi connectivity index (χ4n) is 1.88. The van der Waals surface area contributed by atoms with Gasteiger partial charge in [-0.25, -0.2) is 14.7 Å². The maximum Gasteiger partial charge on any atom is 0.300 e. The first-order valence-electron chi connectivity index (χ1n) is 7.73. The summed E-state index contributed by atoms with van der Waals surface area (Å²) in [6.07, 6.45) is -3.16. The molecular weight excluding hydrogens is 456 g/mol. The molecule has 0 N–H and O–H groups in total. The van der Waals surface area contributed by atoms with E-state index in [0.717, 1.165) is 0 Å². The summed E-state index contributed by atoms with van der Waals surface area (Å²) in [5, 5.41) is 0. The predicted octanol–water partition coefficient (Wildman–Crippen LogP) is -5.36. The Labute approximate surface area is 179 Å². The number of nitrogens with zero attached hydrogens (tertiary/aromatic N) is 6. The third kappa shape index (κ3) is 5.33. The number of carbonyl (C=O) groups excluding carboxylic acids is 12. The highest BCUT2D eigenvalue weighted by Gasteiger charge is 2.34. The Kier molecular flexibility index (Phi) is 8.50. The summed E-state index contributed by atoms with van der Waals surface area (Å²) in [4.78, 5) is 144. The quantitative estimate of drug-likeness (QED) is 0.245. The van der Waals surface area contributed by atoms with Crippen molar-refractivity contribution >= 4 is 91.0 Å². The molecule has 0 bridgehead atoms. The van der Waals surface area contributed by atoms with Crippen LogP contribution in [0.15, 0.2) is 0 Å². The van der Waals surface area contributed by atoms with Gasteiger partial charge < -0.3 is 0 Å². The molecule has 0 unspecified atom stereocenters. The normalized spacial score (nSPS) is 9.45. The number of amides is 6. The molecule has 0 saturated carbocycles. The van der Waals surface area contributed by atoms with E-state index in [-0.39, 0.29) is 0 Å². The minimum atomic E-state index is -1.83. The lowest BCUT2D eigenvalue weighted by atomic mass is 10.4. The van der Waals surface area contributed by atoms with Gasteiger partial charge in [-0.1, -0.05) is 0 Å². The number of imide groups is 3. The monoisotopic (exact) mass is 462 g/mol. The van der Waals surface area contributed by atoms with Crippen molar-refractivity contribution in [2.75, 3.05) is 14.7 Å². The predicted molar refractivity (Wildman–Crippen MR) is 93.7 cm³/mol. The summed E-state index contributed by atoms with van der Waals surface area (Å²) in [5.41, 5.74) is 0. The molecule has 0 radical (unpaired) electrons. The lowest BCUT2D eigenvalue weighted by Crippen LogP contribution is -2.44. The van der Waals surface area contributed by atoms with Gasteiger partial charge in [-0.05, 0) is 0 Å². The molecule has 18 nitrogen and oxygen atoms in total. The summed E-state index contributed by atoms with van der Waals surface area (Å²) in [5.74, 6) is -15.2. The lowest BCUT2D eigenvalue weighted by molar-refractivity contribution is -0.136. The second-order valence-corrected chi connectivity index (χ2v) is 4.98. The smallest absolute Gasteiger partial charge is 0.292 e. The molecule has 0 aromatic carbocycles. The van der Waals surface area contributed by atoms with Gasteiger partial charge in [-0.3, -0.25) is 57.5 Å². The molecular formula is C15H6N6O12. The molecule has 0 aliphatic rings. The number of rotatable bonds is 9. The van der Waals surface area contributed by atoms with Gasteiger partial charge in [0.2, 0.25) is 55.6 Å². The van der Waals surface area contributed by atoms with Gasteiger partial charge in [0.1, 0.15) is 0 Å². The van der Waals surface area contributed by atoms with Crippen molar-refractivity contribution in [1.82, 2.24) is 15.0 Å². The molecule has 0 spiro atoms. The number of aldehydes is 6. The van der Waals surface area contributed by atoms with E-state index in [2.05, 4.69) is 15.0 Å². The van der Waals surface area contributed by atoms with Gasteiger partial charge in [-0.15, -0.1) is 0 Å². The molecule has 6 amide bonds. The molecule has 1 aromatic heterocycles. The van der Waals surface area contributed by atoms with E-state index in [9.17, 15) is 57.5 Å². The van der Waals surface area contributed by atoms with Gasteiger partial charge in [-0.2, -0.15) is 15.0 Å². The maximum absolute atomic E-state index is 11.8. The molecule has 0 aliphatic heterocycles. The topological polar surface area (TPSA) is 253 Å². The Bertz CT molecular complexity index is 918. The first-order chi connectivity index (χ1) is 15.6. The molecule has 1 heterocycles. The minimum absolute atomic E-state index is 0.390. The third-order valence-electron chi connectivity index (χ3n) is 3.13. The Hall–Kier alpha value is -5.55. The average molecular weight is 462 g/mol. The van der Waals surface area contributed by atoms with E-state index in [1.165, 1.54) is 0 Å². The average Bonchev–Trinajstić information content (AvgIpc) is 2.83. The Morgan fingerprint density at radius 3 is 0.667 bits per heavy atom. The minimum Gasteiger partial charge on any atom is -0.292 e. The summed E-state index contributed by atoms with van der Waals surface area (Å²) < 4.78 is 0. The summed E-state index contributed by atoms with van der Waals surface area (Å²) in [6, 6.07) is 0. The van der Waals surface area contributed by atoms with Crippen molar-refractivity contribution in [3.8, 4) is 0 Å². The molecule has 1 rings (SSSR count). The van der Waals surface area contributed by atoms with Crippen LogP contribution in [0, 0.1) is 0 Å². The zero-order valence-electron chi connectivity index (χ0n) is 15.5. The zero-order valence-corrected chi connectivity index (χ0v) is 15.5. The third-order valence-corrected chi connectivity index (χ3v) is 3.13. The number of anilines is 3. The van der Waals surface area contributed by atoms with Crippen LogP contribution in [0.1, 0.15) is 0 Å². The summed E-state index contributed by atoms with van der Waals surface area (Å²) in [6.45, 7) is 0. The zero-order chi connectivity index (χ0) is 25.3. The summed E-state index contributed by atoms with van der Waals surface area (Å²) in [7, 11) is 0. The highest BCUT2D eigenvalue weighted by atomic mass is 16.2. The van der Waals surface area contributed by atoms with E-state index in [4.69, 9.17) is 0 Å². The van der Waals surface area contributed by atoms with Crippen molar-refractivity contribution in [2.24, 2.45) is 0 Å². The van der Waals surface area contributed by atoms with Crippen molar-refractivity contribution in [2.45, 2.75) is 0 Å². The van der Waals surface area contributed by atoms with Crippen molar-refractivity contribution < 1.29 is 57.5 Å². The van der Waals surface area contributed by atoms with E-state index in [0.29, 0.717) is 0 Å². The molecule has 1 aromatic rings. The number of hydrogen-bond acceptors (Lipinski definition) is 15. The highest BCUT2D eigenvalue weighted by Crippen LogP contribution is 2.20. The van der Waals surface area contributed by atoms with Crippen molar-refractivity contribution in [3.63, 3.8) is 0 Å². The molecule has 0 aliphatic carbocycles. The highest BCUT2D eigenvalue weighted by molar-refractivity contribution is 6.48. The van der Waals surface area contributed by atoms with Gasteiger partial charge in [0.25, 0.3) is 0 Å².